The van der Waals surface area contributed by atoms with Crippen molar-refractivity contribution >= 4 is 22.7 Å². The molecule has 1 atom stereocenters. The number of ketones is 1. The molecule has 6 heteroatoms. The van der Waals surface area contributed by atoms with E-state index in [0.29, 0.717) is 11.1 Å². The highest BCUT2D eigenvalue weighted by Gasteiger charge is 2.25. The summed E-state index contributed by atoms with van der Waals surface area (Å²) in [5.41, 5.74) is 1.38. The van der Waals surface area contributed by atoms with E-state index in [1.165, 1.54) is 19.9 Å². The van der Waals surface area contributed by atoms with Crippen molar-refractivity contribution in [1.82, 2.24) is 4.98 Å². The Kier molecular flexibility index (Phi) is 4.27. The van der Waals surface area contributed by atoms with Crippen LogP contribution in [0.5, 0.6) is 0 Å². The summed E-state index contributed by atoms with van der Waals surface area (Å²) < 4.78 is 10.2. The van der Waals surface area contributed by atoms with Gasteiger partial charge in [-0.15, -0.1) is 0 Å². The molecule has 0 aliphatic heterocycles. The van der Waals surface area contributed by atoms with Gasteiger partial charge in [0, 0.05) is 28.7 Å². The van der Waals surface area contributed by atoms with E-state index in [-0.39, 0.29) is 17.1 Å². The lowest BCUT2D eigenvalue weighted by Crippen LogP contribution is -2.25. The number of benzene rings is 1. The molecular formula is C19H17NO5. The predicted molar refractivity (Wildman–Crippen MR) is 92.0 cm³/mol. The molecule has 0 spiro atoms. The third-order valence-corrected chi connectivity index (χ3v) is 4.05. The van der Waals surface area contributed by atoms with Gasteiger partial charge in [0.05, 0.1) is 0 Å². The summed E-state index contributed by atoms with van der Waals surface area (Å²) in [7, 11) is 0. The quantitative estimate of drug-likeness (QED) is 0.582. The molecule has 128 valence electrons. The molecule has 0 unspecified atom stereocenters. The second-order valence-corrected chi connectivity index (χ2v) is 5.84. The van der Waals surface area contributed by atoms with Crippen molar-refractivity contribution < 1.29 is 18.7 Å². The molecule has 1 N–H and O–H groups in total. The van der Waals surface area contributed by atoms with Crippen molar-refractivity contribution in [2.24, 2.45) is 0 Å². The van der Waals surface area contributed by atoms with Crippen LogP contribution in [0.3, 0.4) is 0 Å². The van der Waals surface area contributed by atoms with Crippen LogP contribution in [-0.4, -0.2) is 22.8 Å². The van der Waals surface area contributed by atoms with Crippen LogP contribution in [0.25, 0.3) is 10.9 Å². The number of hydrogen-bond acceptors (Lipinski definition) is 5. The molecule has 0 amide bonds. The number of aromatic amines is 1. The number of para-hydroxylation sites is 1. The zero-order valence-corrected chi connectivity index (χ0v) is 14.1. The molecule has 0 saturated heterocycles. The van der Waals surface area contributed by atoms with Crippen LogP contribution in [0.4, 0.5) is 0 Å². The van der Waals surface area contributed by atoms with Crippen molar-refractivity contribution in [2.45, 2.75) is 26.9 Å². The molecule has 1 aromatic carbocycles. The first-order valence-electron chi connectivity index (χ1n) is 7.81. The Balaban J connectivity index is 1.85. The fourth-order valence-corrected chi connectivity index (χ4v) is 2.83. The molecule has 3 rings (SSSR count). The Labute approximate surface area is 143 Å². The Morgan fingerprint density at radius 3 is 2.64 bits per heavy atom. The van der Waals surface area contributed by atoms with E-state index in [1.54, 1.807) is 13.1 Å². The smallest absolute Gasteiger partial charge is 0.342 e. The number of fused-ring (bicyclic) bond motifs is 1. The van der Waals surface area contributed by atoms with Gasteiger partial charge in [-0.25, -0.2) is 9.59 Å². The number of H-pyrrole nitrogens is 1. The highest BCUT2D eigenvalue weighted by Crippen LogP contribution is 2.21. The zero-order chi connectivity index (χ0) is 18.1. The van der Waals surface area contributed by atoms with Crippen LogP contribution < -0.4 is 5.63 Å². The standard InChI is InChI=1S/C19H17NO5/c1-10-8-16(21)24-11(2)17(10)19(23)25-12(3)18(22)14-9-20-15-7-5-4-6-13(14)15/h4-9,12,20H,1-3H3/t12-/m0/s1. The van der Waals surface area contributed by atoms with Crippen LogP contribution in [0, 0.1) is 13.8 Å². The number of nitrogens with one attached hydrogen (secondary N) is 1. The first-order valence-corrected chi connectivity index (χ1v) is 7.81. The third kappa shape index (κ3) is 3.10. The Bertz CT molecular complexity index is 1000. The molecule has 0 bridgehead atoms. The number of esters is 1. The SMILES string of the molecule is Cc1cc(=O)oc(C)c1C(=O)O[C@@H](C)C(=O)c1c[nH]c2ccccc12. The molecule has 0 fully saturated rings. The summed E-state index contributed by atoms with van der Waals surface area (Å²) in [6.45, 7) is 4.65. The first kappa shape index (κ1) is 16.7. The fourth-order valence-electron chi connectivity index (χ4n) is 2.83. The summed E-state index contributed by atoms with van der Waals surface area (Å²) in [6, 6.07) is 8.61. The van der Waals surface area contributed by atoms with Gasteiger partial charge in [-0.3, -0.25) is 4.79 Å². The van der Waals surface area contributed by atoms with Gasteiger partial charge < -0.3 is 14.1 Å². The molecule has 25 heavy (non-hydrogen) atoms. The Morgan fingerprint density at radius 2 is 1.92 bits per heavy atom. The lowest BCUT2D eigenvalue weighted by Gasteiger charge is -2.13. The van der Waals surface area contributed by atoms with Crippen molar-refractivity contribution in [3.63, 3.8) is 0 Å². The minimum atomic E-state index is -0.975. The molecular weight excluding hydrogens is 322 g/mol. The van der Waals surface area contributed by atoms with Gasteiger partial charge in [-0.1, -0.05) is 18.2 Å². The van der Waals surface area contributed by atoms with Crippen molar-refractivity contribution in [3.05, 3.63) is 69.4 Å². The number of aryl methyl sites for hydroxylation is 2. The van der Waals surface area contributed by atoms with Crippen molar-refractivity contribution in [3.8, 4) is 0 Å². The number of rotatable bonds is 4. The lowest BCUT2D eigenvalue weighted by atomic mass is 10.1. The lowest BCUT2D eigenvalue weighted by molar-refractivity contribution is 0.0314. The Hall–Kier alpha value is -3.15. The van der Waals surface area contributed by atoms with Gasteiger partial charge in [-0.2, -0.15) is 0 Å². The number of hydrogen-bond donors (Lipinski definition) is 1. The van der Waals surface area contributed by atoms with Gasteiger partial charge in [0.15, 0.2) is 6.10 Å². The maximum Gasteiger partial charge on any atom is 0.342 e. The van der Waals surface area contributed by atoms with E-state index in [1.807, 2.05) is 24.3 Å². The molecule has 0 aliphatic carbocycles. The maximum atomic E-state index is 12.6. The average Bonchev–Trinajstić information content (AvgIpc) is 2.97. The number of carbonyl (C=O) groups excluding carboxylic acids is 2. The minimum absolute atomic E-state index is 0.165. The molecule has 2 aromatic heterocycles. The summed E-state index contributed by atoms with van der Waals surface area (Å²) in [4.78, 5) is 39.4. The molecule has 2 heterocycles. The van der Waals surface area contributed by atoms with E-state index >= 15 is 0 Å². The van der Waals surface area contributed by atoms with Crippen LogP contribution in [0.15, 0.2) is 45.7 Å². The first-order chi connectivity index (χ1) is 11.9. The van der Waals surface area contributed by atoms with E-state index in [9.17, 15) is 14.4 Å². The zero-order valence-electron chi connectivity index (χ0n) is 14.1. The molecule has 0 aliphatic rings. The van der Waals surface area contributed by atoms with E-state index in [2.05, 4.69) is 4.98 Å². The van der Waals surface area contributed by atoms with E-state index in [0.717, 1.165) is 10.9 Å². The molecule has 0 radical (unpaired) electrons. The van der Waals surface area contributed by atoms with Gasteiger partial charge in [0.25, 0.3) is 0 Å². The maximum absolute atomic E-state index is 12.6. The molecule has 0 saturated carbocycles. The largest absolute Gasteiger partial charge is 0.451 e. The number of aromatic nitrogens is 1. The molecule has 6 nitrogen and oxygen atoms in total. The molecule has 3 aromatic rings. The number of carbonyl (C=O) groups is 2. The second kappa shape index (κ2) is 6.39. The number of ether oxygens (including phenoxy) is 1. The van der Waals surface area contributed by atoms with Gasteiger partial charge >= 0.3 is 11.6 Å². The van der Waals surface area contributed by atoms with E-state index < -0.39 is 17.7 Å². The number of Topliss-reactive ketones (excluding diaryl/α,β-unsaturated/α-hetero) is 1. The monoisotopic (exact) mass is 339 g/mol. The van der Waals surface area contributed by atoms with Gasteiger partial charge in [0.2, 0.25) is 5.78 Å². The van der Waals surface area contributed by atoms with Gasteiger partial charge in [-0.05, 0) is 32.4 Å². The van der Waals surface area contributed by atoms with Crippen LogP contribution >= 0.6 is 0 Å². The highest BCUT2D eigenvalue weighted by atomic mass is 16.5. The van der Waals surface area contributed by atoms with Crippen LogP contribution in [-0.2, 0) is 4.74 Å². The van der Waals surface area contributed by atoms with Crippen LogP contribution in [0.2, 0.25) is 0 Å². The average molecular weight is 339 g/mol. The highest BCUT2D eigenvalue weighted by molar-refractivity contribution is 6.10. The summed E-state index contributed by atoms with van der Waals surface area (Å²) >= 11 is 0. The summed E-state index contributed by atoms with van der Waals surface area (Å²) in [5, 5.41) is 0.772. The fraction of sp³-hybridized carbons (Fsp3) is 0.211. The van der Waals surface area contributed by atoms with Crippen molar-refractivity contribution in [2.75, 3.05) is 0 Å². The third-order valence-electron chi connectivity index (χ3n) is 4.05. The van der Waals surface area contributed by atoms with Crippen LogP contribution in [0.1, 0.15) is 39.0 Å². The summed E-state index contributed by atoms with van der Waals surface area (Å²) in [5.74, 6) is -0.834. The normalized spacial score (nSPS) is 12.1. The topological polar surface area (TPSA) is 89.4 Å². The van der Waals surface area contributed by atoms with E-state index in [4.69, 9.17) is 9.15 Å². The summed E-state index contributed by atoms with van der Waals surface area (Å²) in [6.07, 6.45) is 0.632. The van der Waals surface area contributed by atoms with Gasteiger partial charge in [0.1, 0.15) is 11.3 Å². The second-order valence-electron chi connectivity index (χ2n) is 5.84. The minimum Gasteiger partial charge on any atom is -0.451 e. The predicted octanol–water partition coefficient (Wildman–Crippen LogP) is 3.17. The van der Waals surface area contributed by atoms with Crippen molar-refractivity contribution in [1.29, 1.82) is 0 Å². The Morgan fingerprint density at radius 1 is 1.20 bits per heavy atom.